The Balaban J connectivity index is 0.000000269. The Bertz CT molecular complexity index is 669. The average molecular weight is 346 g/mol. The molecular formula is C21H24F2O2. The standard InChI is InChI=1S/C14H10F2O2.C7H14/c1-9-2-4-13(5-3-9)18-14(17)10-6-11(15)8-12(16)7-10;1-7-5-3-2-4-6-7/h2-8H,1H3;7H,2-6H2,1H3. The summed E-state index contributed by atoms with van der Waals surface area (Å²) in [6.07, 6.45) is 7.44. The van der Waals surface area contributed by atoms with Gasteiger partial charge in [0, 0.05) is 6.07 Å². The van der Waals surface area contributed by atoms with Crippen LogP contribution >= 0.6 is 0 Å². The molecule has 2 nitrogen and oxygen atoms in total. The van der Waals surface area contributed by atoms with Crippen LogP contribution < -0.4 is 4.74 Å². The number of rotatable bonds is 2. The van der Waals surface area contributed by atoms with E-state index in [9.17, 15) is 13.6 Å². The predicted octanol–water partition coefficient (Wildman–Crippen LogP) is 6.08. The number of ether oxygens (including phenoxy) is 1. The lowest BCUT2D eigenvalue weighted by Gasteiger charge is -2.15. The minimum atomic E-state index is -0.814. The molecule has 1 aliphatic rings. The van der Waals surface area contributed by atoms with Crippen molar-refractivity contribution in [1.82, 2.24) is 0 Å². The molecule has 0 saturated heterocycles. The van der Waals surface area contributed by atoms with E-state index in [0.29, 0.717) is 11.8 Å². The lowest BCUT2D eigenvalue weighted by molar-refractivity contribution is 0.0733. The first-order chi connectivity index (χ1) is 11.9. The predicted molar refractivity (Wildman–Crippen MR) is 94.7 cm³/mol. The molecule has 0 unspecified atom stereocenters. The van der Waals surface area contributed by atoms with Gasteiger partial charge in [-0.2, -0.15) is 0 Å². The van der Waals surface area contributed by atoms with Crippen LogP contribution in [-0.2, 0) is 0 Å². The zero-order valence-electron chi connectivity index (χ0n) is 14.7. The molecule has 0 bridgehead atoms. The maximum Gasteiger partial charge on any atom is 0.343 e. The number of hydrogen-bond acceptors (Lipinski definition) is 2. The van der Waals surface area contributed by atoms with E-state index in [1.165, 1.54) is 32.1 Å². The van der Waals surface area contributed by atoms with Gasteiger partial charge in [0.15, 0.2) is 0 Å². The quantitative estimate of drug-likeness (QED) is 0.486. The molecule has 0 aliphatic heterocycles. The molecule has 0 spiro atoms. The number of esters is 1. The minimum Gasteiger partial charge on any atom is -0.423 e. The zero-order chi connectivity index (χ0) is 18.2. The first kappa shape index (κ1) is 19.1. The third kappa shape index (κ3) is 6.65. The highest BCUT2D eigenvalue weighted by molar-refractivity contribution is 5.91. The highest BCUT2D eigenvalue weighted by Gasteiger charge is 2.11. The highest BCUT2D eigenvalue weighted by Crippen LogP contribution is 2.22. The summed E-state index contributed by atoms with van der Waals surface area (Å²) in [7, 11) is 0. The van der Waals surface area contributed by atoms with Crippen molar-refractivity contribution in [2.75, 3.05) is 0 Å². The fourth-order valence-corrected chi connectivity index (χ4v) is 2.75. The van der Waals surface area contributed by atoms with Crippen molar-refractivity contribution in [3.63, 3.8) is 0 Å². The van der Waals surface area contributed by atoms with E-state index in [1.54, 1.807) is 24.3 Å². The summed E-state index contributed by atoms with van der Waals surface area (Å²) in [5.74, 6) is -1.06. The van der Waals surface area contributed by atoms with Crippen molar-refractivity contribution >= 4 is 5.97 Å². The Morgan fingerprint density at radius 1 is 0.960 bits per heavy atom. The van der Waals surface area contributed by atoms with Crippen LogP contribution in [0.25, 0.3) is 0 Å². The molecule has 0 heterocycles. The van der Waals surface area contributed by atoms with Crippen LogP contribution in [0.5, 0.6) is 5.75 Å². The molecule has 2 aromatic carbocycles. The first-order valence-corrected chi connectivity index (χ1v) is 8.69. The van der Waals surface area contributed by atoms with Gasteiger partial charge in [0.25, 0.3) is 0 Å². The number of hydrogen-bond donors (Lipinski definition) is 0. The Hall–Kier alpha value is -2.23. The van der Waals surface area contributed by atoms with Crippen molar-refractivity contribution in [3.05, 3.63) is 65.2 Å². The monoisotopic (exact) mass is 346 g/mol. The lowest BCUT2D eigenvalue weighted by atomic mass is 9.91. The number of halogens is 2. The molecule has 0 aromatic heterocycles. The molecule has 0 N–H and O–H groups in total. The van der Waals surface area contributed by atoms with Crippen LogP contribution in [-0.4, -0.2) is 5.97 Å². The van der Waals surface area contributed by atoms with E-state index < -0.39 is 17.6 Å². The minimum absolute atomic E-state index is 0.159. The second-order valence-corrected chi connectivity index (χ2v) is 6.60. The number of benzene rings is 2. The topological polar surface area (TPSA) is 26.3 Å². The molecule has 0 amide bonds. The average Bonchev–Trinajstić information content (AvgIpc) is 2.57. The van der Waals surface area contributed by atoms with E-state index in [-0.39, 0.29) is 5.56 Å². The molecule has 3 rings (SSSR count). The fourth-order valence-electron chi connectivity index (χ4n) is 2.75. The molecule has 2 aromatic rings. The molecule has 134 valence electrons. The van der Waals surface area contributed by atoms with Crippen LogP contribution in [0.3, 0.4) is 0 Å². The van der Waals surface area contributed by atoms with Crippen molar-refractivity contribution in [3.8, 4) is 5.75 Å². The Labute approximate surface area is 147 Å². The van der Waals surface area contributed by atoms with E-state index in [4.69, 9.17) is 4.74 Å². The van der Waals surface area contributed by atoms with E-state index in [1.807, 2.05) is 6.92 Å². The second kappa shape index (κ2) is 9.30. The van der Waals surface area contributed by atoms with Crippen LogP contribution in [0.15, 0.2) is 42.5 Å². The number of carbonyl (C=O) groups excluding carboxylic acids is 1. The summed E-state index contributed by atoms with van der Waals surface area (Å²) in [6.45, 7) is 4.26. The van der Waals surface area contributed by atoms with Gasteiger partial charge < -0.3 is 4.74 Å². The van der Waals surface area contributed by atoms with Gasteiger partial charge in [-0.15, -0.1) is 0 Å². The number of carbonyl (C=O) groups is 1. The van der Waals surface area contributed by atoms with Gasteiger partial charge in [-0.25, -0.2) is 13.6 Å². The summed E-state index contributed by atoms with van der Waals surface area (Å²) in [4.78, 5) is 11.6. The van der Waals surface area contributed by atoms with Gasteiger partial charge in [0.2, 0.25) is 0 Å². The van der Waals surface area contributed by atoms with Crippen molar-refractivity contribution in [2.24, 2.45) is 5.92 Å². The molecule has 0 radical (unpaired) electrons. The molecule has 1 aliphatic carbocycles. The smallest absolute Gasteiger partial charge is 0.343 e. The van der Waals surface area contributed by atoms with Crippen molar-refractivity contribution in [1.29, 1.82) is 0 Å². The molecule has 0 atom stereocenters. The Kier molecular flexibility index (Phi) is 7.11. The summed E-state index contributed by atoms with van der Waals surface area (Å²) >= 11 is 0. The van der Waals surface area contributed by atoms with Gasteiger partial charge >= 0.3 is 5.97 Å². The fraction of sp³-hybridized carbons (Fsp3) is 0.381. The summed E-state index contributed by atoms with van der Waals surface area (Å²) in [5.41, 5.74) is 0.861. The Morgan fingerprint density at radius 3 is 2.00 bits per heavy atom. The van der Waals surface area contributed by atoms with Crippen LogP contribution in [0.4, 0.5) is 8.78 Å². The first-order valence-electron chi connectivity index (χ1n) is 8.69. The van der Waals surface area contributed by atoms with Crippen LogP contribution in [0.2, 0.25) is 0 Å². The van der Waals surface area contributed by atoms with Gasteiger partial charge in [-0.1, -0.05) is 56.7 Å². The molecular weight excluding hydrogens is 322 g/mol. The van der Waals surface area contributed by atoms with E-state index in [2.05, 4.69) is 6.92 Å². The van der Waals surface area contributed by atoms with Gasteiger partial charge in [-0.3, -0.25) is 0 Å². The zero-order valence-corrected chi connectivity index (χ0v) is 14.7. The lowest BCUT2D eigenvalue weighted by Crippen LogP contribution is -2.09. The van der Waals surface area contributed by atoms with Crippen molar-refractivity contribution in [2.45, 2.75) is 46.0 Å². The maximum absolute atomic E-state index is 12.9. The van der Waals surface area contributed by atoms with Crippen LogP contribution in [0.1, 0.15) is 54.9 Å². The summed E-state index contributed by atoms with van der Waals surface area (Å²) in [5, 5.41) is 0. The maximum atomic E-state index is 12.9. The molecule has 1 fully saturated rings. The van der Waals surface area contributed by atoms with Gasteiger partial charge in [0.05, 0.1) is 5.56 Å². The molecule has 1 saturated carbocycles. The second-order valence-electron chi connectivity index (χ2n) is 6.60. The van der Waals surface area contributed by atoms with Gasteiger partial charge in [0.1, 0.15) is 17.4 Å². The summed E-state index contributed by atoms with van der Waals surface area (Å²) in [6, 6.07) is 9.33. The summed E-state index contributed by atoms with van der Waals surface area (Å²) < 4.78 is 30.9. The van der Waals surface area contributed by atoms with E-state index >= 15 is 0 Å². The third-order valence-corrected chi connectivity index (χ3v) is 4.22. The van der Waals surface area contributed by atoms with Crippen molar-refractivity contribution < 1.29 is 18.3 Å². The van der Waals surface area contributed by atoms with E-state index in [0.717, 1.165) is 23.6 Å². The van der Waals surface area contributed by atoms with Crippen LogP contribution in [0, 0.1) is 24.5 Å². The molecule has 25 heavy (non-hydrogen) atoms. The largest absolute Gasteiger partial charge is 0.423 e. The highest BCUT2D eigenvalue weighted by atomic mass is 19.1. The number of aryl methyl sites for hydroxylation is 1. The Morgan fingerprint density at radius 2 is 1.52 bits per heavy atom. The third-order valence-electron chi connectivity index (χ3n) is 4.22. The SMILES string of the molecule is CC1CCCCC1.Cc1ccc(OC(=O)c2cc(F)cc(F)c2)cc1. The van der Waals surface area contributed by atoms with Gasteiger partial charge in [-0.05, 0) is 37.1 Å². The molecule has 4 heteroatoms. The normalized spacial score (nSPS) is 14.4.